The molecule has 1 aromatic rings. The maximum Gasteiger partial charge on any atom is 0.337 e. The summed E-state index contributed by atoms with van der Waals surface area (Å²) in [6.07, 6.45) is 0. The first-order valence-corrected chi connectivity index (χ1v) is 7.63. The predicted octanol–water partition coefficient (Wildman–Crippen LogP) is 1.69. The van der Waals surface area contributed by atoms with Crippen molar-refractivity contribution in [3.63, 3.8) is 0 Å². The smallest absolute Gasteiger partial charge is 0.337 e. The van der Waals surface area contributed by atoms with Crippen molar-refractivity contribution in [2.45, 2.75) is 17.9 Å². The van der Waals surface area contributed by atoms with Crippen molar-refractivity contribution in [3.05, 3.63) is 27.7 Å². The number of carbonyl (C=O) groups is 1. The summed E-state index contributed by atoms with van der Waals surface area (Å²) in [4.78, 5) is 10.6. The van der Waals surface area contributed by atoms with Crippen molar-refractivity contribution < 1.29 is 23.4 Å². The Bertz CT molecular complexity index is 632. The summed E-state index contributed by atoms with van der Waals surface area (Å²) in [5.74, 6) is -1.36. The summed E-state index contributed by atoms with van der Waals surface area (Å²) >= 11 is 11.5. The number of sulfonamides is 1. The highest BCUT2D eigenvalue weighted by Gasteiger charge is 2.29. The molecule has 0 spiro atoms. The third-order valence-corrected chi connectivity index (χ3v) is 5.54. The number of benzene rings is 1. The molecule has 20 heavy (non-hydrogen) atoms. The summed E-state index contributed by atoms with van der Waals surface area (Å²) < 4.78 is 25.6. The third kappa shape index (κ3) is 3.24. The van der Waals surface area contributed by atoms with Crippen molar-refractivity contribution in [3.8, 4) is 0 Å². The largest absolute Gasteiger partial charge is 0.478 e. The van der Waals surface area contributed by atoms with Crippen LogP contribution in [0.25, 0.3) is 0 Å². The number of aliphatic hydroxyl groups is 1. The normalized spacial score (nSPS) is 13.5. The number of hydrogen-bond donors (Lipinski definition) is 2. The zero-order chi connectivity index (χ0) is 15.7. The van der Waals surface area contributed by atoms with Crippen LogP contribution in [0.4, 0.5) is 0 Å². The van der Waals surface area contributed by atoms with Crippen molar-refractivity contribution in [2.24, 2.45) is 0 Å². The second kappa shape index (κ2) is 6.28. The Kier molecular flexibility index (Phi) is 5.39. The minimum atomic E-state index is -4.03. The standard InChI is InChI=1S/C11H13Cl2NO5S/c1-6(5-15)14(2)20(18,19)10-3-7(11(16)17)8(12)4-9(10)13/h3-4,6,15H,5H2,1-2H3,(H,16,17). The Morgan fingerprint density at radius 3 is 2.35 bits per heavy atom. The molecule has 9 heteroatoms. The molecule has 1 atom stereocenters. The number of nitrogens with zero attached hydrogens (tertiary/aromatic N) is 1. The quantitative estimate of drug-likeness (QED) is 0.849. The van der Waals surface area contributed by atoms with Gasteiger partial charge in [-0.2, -0.15) is 4.31 Å². The second-order valence-electron chi connectivity index (χ2n) is 4.12. The molecule has 0 amide bonds. The van der Waals surface area contributed by atoms with Gasteiger partial charge >= 0.3 is 5.97 Å². The summed E-state index contributed by atoms with van der Waals surface area (Å²) in [5.41, 5.74) is -0.361. The average Bonchev–Trinajstić information content (AvgIpc) is 2.35. The average molecular weight is 342 g/mol. The highest BCUT2D eigenvalue weighted by Crippen LogP contribution is 2.30. The van der Waals surface area contributed by atoms with Gasteiger partial charge in [-0.05, 0) is 19.1 Å². The third-order valence-electron chi connectivity index (χ3n) is 2.79. The molecule has 0 saturated heterocycles. The molecule has 1 aromatic carbocycles. The van der Waals surface area contributed by atoms with Gasteiger partial charge in [-0.25, -0.2) is 13.2 Å². The molecular formula is C11H13Cl2NO5S. The van der Waals surface area contributed by atoms with E-state index in [1.807, 2.05) is 0 Å². The number of aliphatic hydroxyl groups excluding tert-OH is 1. The van der Waals surface area contributed by atoms with Crippen LogP contribution < -0.4 is 0 Å². The van der Waals surface area contributed by atoms with Gasteiger partial charge < -0.3 is 10.2 Å². The molecule has 0 aliphatic rings. The van der Waals surface area contributed by atoms with Gasteiger partial charge in [0.05, 0.1) is 22.2 Å². The van der Waals surface area contributed by atoms with E-state index >= 15 is 0 Å². The molecule has 0 radical (unpaired) electrons. The van der Waals surface area contributed by atoms with Crippen molar-refractivity contribution in [1.29, 1.82) is 0 Å². The van der Waals surface area contributed by atoms with E-state index in [1.165, 1.54) is 14.0 Å². The van der Waals surface area contributed by atoms with Crippen LogP contribution >= 0.6 is 23.2 Å². The number of aromatic carboxylic acids is 1. The first kappa shape index (κ1) is 17.2. The molecule has 0 fully saturated rings. The molecule has 0 heterocycles. The van der Waals surface area contributed by atoms with Crippen LogP contribution in [0.1, 0.15) is 17.3 Å². The topological polar surface area (TPSA) is 94.9 Å². The number of hydrogen-bond acceptors (Lipinski definition) is 4. The lowest BCUT2D eigenvalue weighted by molar-refractivity contribution is 0.0697. The molecule has 0 aliphatic carbocycles. The van der Waals surface area contributed by atoms with Crippen molar-refractivity contribution >= 4 is 39.2 Å². The van der Waals surface area contributed by atoms with Crippen molar-refractivity contribution in [2.75, 3.05) is 13.7 Å². The lowest BCUT2D eigenvalue weighted by atomic mass is 10.2. The van der Waals surface area contributed by atoms with Crippen LogP contribution in [-0.2, 0) is 10.0 Å². The van der Waals surface area contributed by atoms with E-state index in [2.05, 4.69) is 0 Å². The summed E-state index contributed by atoms with van der Waals surface area (Å²) in [6.45, 7) is 1.12. The summed E-state index contributed by atoms with van der Waals surface area (Å²) in [6, 6.07) is 1.29. The first-order valence-electron chi connectivity index (χ1n) is 5.44. The van der Waals surface area contributed by atoms with Crippen LogP contribution in [-0.4, -0.2) is 48.6 Å². The van der Waals surface area contributed by atoms with E-state index in [-0.39, 0.29) is 27.1 Å². The van der Waals surface area contributed by atoms with Gasteiger partial charge in [0, 0.05) is 13.1 Å². The zero-order valence-electron chi connectivity index (χ0n) is 10.7. The molecular weight excluding hydrogens is 329 g/mol. The highest BCUT2D eigenvalue weighted by molar-refractivity contribution is 7.89. The number of halogens is 2. The van der Waals surface area contributed by atoms with E-state index in [0.717, 1.165) is 16.4 Å². The molecule has 1 unspecified atom stereocenters. The van der Waals surface area contributed by atoms with Gasteiger partial charge in [0.2, 0.25) is 10.0 Å². The Balaban J connectivity index is 3.46. The van der Waals surface area contributed by atoms with Gasteiger partial charge in [-0.1, -0.05) is 23.2 Å². The molecule has 0 aliphatic heterocycles. The SMILES string of the molecule is CC(CO)N(C)S(=O)(=O)c1cc(C(=O)O)c(Cl)cc1Cl. The fraction of sp³-hybridized carbons (Fsp3) is 0.364. The van der Waals surface area contributed by atoms with Crippen LogP contribution in [0.5, 0.6) is 0 Å². The predicted molar refractivity (Wildman–Crippen MR) is 74.9 cm³/mol. The van der Waals surface area contributed by atoms with E-state index in [4.69, 9.17) is 33.4 Å². The molecule has 112 valence electrons. The van der Waals surface area contributed by atoms with Gasteiger partial charge in [0.25, 0.3) is 0 Å². The maximum atomic E-state index is 12.3. The Hall–Kier alpha value is -0.860. The fourth-order valence-electron chi connectivity index (χ4n) is 1.40. The van der Waals surface area contributed by atoms with Crippen LogP contribution in [0.15, 0.2) is 17.0 Å². The molecule has 0 aromatic heterocycles. The minimum Gasteiger partial charge on any atom is -0.478 e. The minimum absolute atomic E-state index is 0.153. The lowest BCUT2D eigenvalue weighted by Crippen LogP contribution is -2.37. The summed E-state index contributed by atoms with van der Waals surface area (Å²) in [5, 5.41) is 17.6. The second-order valence-corrected chi connectivity index (χ2v) is 6.90. The van der Waals surface area contributed by atoms with E-state index in [9.17, 15) is 13.2 Å². The van der Waals surface area contributed by atoms with E-state index < -0.39 is 22.0 Å². The van der Waals surface area contributed by atoms with Gasteiger partial charge in [-0.15, -0.1) is 0 Å². The van der Waals surface area contributed by atoms with Crippen LogP contribution in [0, 0.1) is 0 Å². The number of likely N-dealkylation sites (N-methyl/N-ethyl adjacent to an activating group) is 1. The molecule has 1 rings (SSSR count). The van der Waals surface area contributed by atoms with Gasteiger partial charge in [-0.3, -0.25) is 0 Å². The molecule has 0 saturated carbocycles. The molecule has 6 nitrogen and oxygen atoms in total. The Morgan fingerprint density at radius 1 is 1.35 bits per heavy atom. The number of rotatable bonds is 5. The molecule has 2 N–H and O–H groups in total. The fourth-order valence-corrected chi connectivity index (χ4v) is 3.58. The van der Waals surface area contributed by atoms with Gasteiger partial charge in [0.15, 0.2) is 0 Å². The summed E-state index contributed by atoms with van der Waals surface area (Å²) in [7, 11) is -2.77. The van der Waals surface area contributed by atoms with Gasteiger partial charge in [0.1, 0.15) is 4.90 Å². The van der Waals surface area contributed by atoms with E-state index in [0.29, 0.717) is 0 Å². The highest BCUT2D eigenvalue weighted by atomic mass is 35.5. The first-order chi connectivity index (χ1) is 9.12. The Morgan fingerprint density at radius 2 is 1.90 bits per heavy atom. The lowest BCUT2D eigenvalue weighted by Gasteiger charge is -2.23. The number of carboxylic acid groups (broad SMARTS) is 1. The van der Waals surface area contributed by atoms with Crippen molar-refractivity contribution in [1.82, 2.24) is 4.31 Å². The maximum absolute atomic E-state index is 12.3. The monoisotopic (exact) mass is 341 g/mol. The zero-order valence-corrected chi connectivity index (χ0v) is 13.0. The molecule has 0 bridgehead atoms. The van der Waals surface area contributed by atoms with E-state index in [1.54, 1.807) is 0 Å². The number of carboxylic acids is 1. The van der Waals surface area contributed by atoms with Crippen LogP contribution in [0.3, 0.4) is 0 Å². The Labute approximate surface area is 126 Å². The van der Waals surface area contributed by atoms with Crippen LogP contribution in [0.2, 0.25) is 10.0 Å².